The molecule has 1 aliphatic carbocycles. The molecule has 0 aliphatic heterocycles. The lowest BCUT2D eigenvalue weighted by atomic mass is 10.3. The van der Waals surface area contributed by atoms with Gasteiger partial charge in [0.1, 0.15) is 16.5 Å². The van der Waals surface area contributed by atoms with Gasteiger partial charge in [-0.25, -0.2) is 17.2 Å². The summed E-state index contributed by atoms with van der Waals surface area (Å²) in [6.07, 6.45) is 1.50. The maximum absolute atomic E-state index is 13.8. The molecule has 1 aromatic heterocycles. The molecule has 0 N–H and O–H groups in total. The van der Waals surface area contributed by atoms with Crippen molar-refractivity contribution in [3.05, 3.63) is 52.2 Å². The van der Waals surface area contributed by atoms with E-state index in [1.165, 1.54) is 15.6 Å². The molecule has 0 amide bonds. The van der Waals surface area contributed by atoms with Gasteiger partial charge in [0.2, 0.25) is 10.0 Å². The van der Waals surface area contributed by atoms with E-state index < -0.39 is 26.6 Å². The van der Waals surface area contributed by atoms with Crippen molar-refractivity contribution in [2.24, 2.45) is 0 Å². The van der Waals surface area contributed by atoms with Gasteiger partial charge in [-0.3, -0.25) is 0 Å². The lowest BCUT2D eigenvalue weighted by molar-refractivity contribution is 0.395. The van der Waals surface area contributed by atoms with Crippen LogP contribution in [0.15, 0.2) is 39.9 Å². The van der Waals surface area contributed by atoms with E-state index in [1.807, 2.05) is 16.8 Å². The zero-order valence-corrected chi connectivity index (χ0v) is 12.6. The number of benzene rings is 1. The molecule has 1 heterocycles. The standard InChI is InChI=1S/C14H13F2NO2S2/c15-11-1-4-13(16)14(7-11)21(18,19)17(12-2-3-12)8-10-5-6-20-9-10/h1,4-7,9,12H,2-3,8H2. The molecule has 1 aliphatic rings. The summed E-state index contributed by atoms with van der Waals surface area (Å²) in [5.74, 6) is -1.69. The molecule has 0 spiro atoms. The third-order valence-electron chi connectivity index (χ3n) is 3.35. The van der Waals surface area contributed by atoms with Crippen molar-refractivity contribution in [3.63, 3.8) is 0 Å². The smallest absolute Gasteiger partial charge is 0.207 e. The monoisotopic (exact) mass is 329 g/mol. The second-order valence-electron chi connectivity index (χ2n) is 4.99. The summed E-state index contributed by atoms with van der Waals surface area (Å²) < 4.78 is 53.6. The topological polar surface area (TPSA) is 37.4 Å². The van der Waals surface area contributed by atoms with Crippen LogP contribution in [0.5, 0.6) is 0 Å². The predicted octanol–water partition coefficient (Wildman–Crippen LogP) is 3.38. The molecular formula is C14H13F2NO2S2. The van der Waals surface area contributed by atoms with Crippen molar-refractivity contribution in [2.75, 3.05) is 0 Å². The number of rotatable bonds is 5. The second kappa shape index (κ2) is 5.47. The van der Waals surface area contributed by atoms with Crippen molar-refractivity contribution in [1.82, 2.24) is 4.31 Å². The van der Waals surface area contributed by atoms with E-state index in [4.69, 9.17) is 0 Å². The largest absolute Gasteiger partial charge is 0.246 e. The Morgan fingerprint density at radius 3 is 2.62 bits per heavy atom. The number of hydrogen-bond acceptors (Lipinski definition) is 3. The molecule has 112 valence electrons. The van der Waals surface area contributed by atoms with Gasteiger partial charge in [-0.1, -0.05) is 0 Å². The Labute approximate surface area is 125 Å². The molecule has 3 rings (SSSR count). The maximum atomic E-state index is 13.8. The Morgan fingerprint density at radius 2 is 2.00 bits per heavy atom. The van der Waals surface area contributed by atoms with Crippen LogP contribution in [-0.4, -0.2) is 18.8 Å². The van der Waals surface area contributed by atoms with Crippen molar-refractivity contribution in [3.8, 4) is 0 Å². The molecule has 1 aromatic carbocycles. The van der Waals surface area contributed by atoms with E-state index in [-0.39, 0.29) is 12.6 Å². The highest BCUT2D eigenvalue weighted by atomic mass is 32.2. The highest BCUT2D eigenvalue weighted by Gasteiger charge is 2.39. The van der Waals surface area contributed by atoms with Crippen LogP contribution in [0, 0.1) is 11.6 Å². The first kappa shape index (κ1) is 14.6. The van der Waals surface area contributed by atoms with E-state index in [0.717, 1.165) is 36.6 Å². The number of sulfonamides is 1. The van der Waals surface area contributed by atoms with Crippen molar-refractivity contribution < 1.29 is 17.2 Å². The molecule has 7 heteroatoms. The van der Waals surface area contributed by atoms with Gasteiger partial charge in [-0.2, -0.15) is 15.6 Å². The van der Waals surface area contributed by atoms with Crippen molar-refractivity contribution >= 4 is 21.4 Å². The van der Waals surface area contributed by atoms with E-state index in [9.17, 15) is 17.2 Å². The summed E-state index contributed by atoms with van der Waals surface area (Å²) in [6.45, 7) is 0.187. The van der Waals surface area contributed by atoms with Gasteiger partial charge in [0.25, 0.3) is 0 Å². The number of hydrogen-bond donors (Lipinski definition) is 0. The van der Waals surface area contributed by atoms with Crippen LogP contribution in [0.2, 0.25) is 0 Å². The van der Waals surface area contributed by atoms with Gasteiger partial charge < -0.3 is 0 Å². The molecule has 21 heavy (non-hydrogen) atoms. The lowest BCUT2D eigenvalue weighted by Crippen LogP contribution is -2.33. The molecule has 3 nitrogen and oxygen atoms in total. The fourth-order valence-corrected chi connectivity index (χ4v) is 4.55. The number of thiophene rings is 1. The summed E-state index contributed by atoms with van der Waals surface area (Å²) in [7, 11) is -4.04. The minimum absolute atomic E-state index is 0.127. The van der Waals surface area contributed by atoms with E-state index >= 15 is 0 Å². The van der Waals surface area contributed by atoms with Crippen LogP contribution in [0.1, 0.15) is 18.4 Å². The van der Waals surface area contributed by atoms with Gasteiger partial charge in [-0.05, 0) is 53.4 Å². The van der Waals surface area contributed by atoms with Crippen molar-refractivity contribution in [1.29, 1.82) is 0 Å². The van der Waals surface area contributed by atoms with Gasteiger partial charge in [0.15, 0.2) is 0 Å². The fourth-order valence-electron chi connectivity index (χ4n) is 2.14. The summed E-state index contributed by atoms with van der Waals surface area (Å²) in [6, 6.07) is 4.20. The molecule has 0 bridgehead atoms. The van der Waals surface area contributed by atoms with Crippen LogP contribution < -0.4 is 0 Å². The maximum Gasteiger partial charge on any atom is 0.246 e. The van der Waals surface area contributed by atoms with Crippen LogP contribution in [-0.2, 0) is 16.6 Å². The first-order valence-corrected chi connectivity index (χ1v) is 8.85. The zero-order valence-electron chi connectivity index (χ0n) is 11.0. The Hall–Kier alpha value is -1.31. The third-order valence-corrected chi connectivity index (χ3v) is 6.00. The van der Waals surface area contributed by atoms with Crippen molar-refractivity contribution in [2.45, 2.75) is 30.3 Å². The number of nitrogens with zero attached hydrogens (tertiary/aromatic N) is 1. The molecule has 0 unspecified atom stereocenters. The second-order valence-corrected chi connectivity index (χ2v) is 7.63. The quantitative estimate of drug-likeness (QED) is 0.843. The zero-order chi connectivity index (χ0) is 15.0. The predicted molar refractivity (Wildman–Crippen MR) is 76.4 cm³/mol. The van der Waals surface area contributed by atoms with Crippen LogP contribution in [0.3, 0.4) is 0 Å². The van der Waals surface area contributed by atoms with Crippen LogP contribution >= 0.6 is 11.3 Å². The van der Waals surface area contributed by atoms with Gasteiger partial charge in [-0.15, -0.1) is 0 Å². The molecule has 2 aromatic rings. The summed E-state index contributed by atoms with van der Waals surface area (Å²) >= 11 is 1.47. The SMILES string of the molecule is O=S(=O)(c1cc(F)ccc1F)N(Cc1ccsc1)C1CC1. The summed E-state index contributed by atoms with van der Waals surface area (Å²) in [5, 5.41) is 3.71. The van der Waals surface area contributed by atoms with Gasteiger partial charge in [0, 0.05) is 12.6 Å². The van der Waals surface area contributed by atoms with Crippen LogP contribution in [0.25, 0.3) is 0 Å². The normalized spacial score (nSPS) is 15.6. The highest BCUT2D eigenvalue weighted by Crippen LogP contribution is 2.34. The number of halogens is 2. The van der Waals surface area contributed by atoms with E-state index in [0.29, 0.717) is 0 Å². The lowest BCUT2D eigenvalue weighted by Gasteiger charge is -2.21. The Morgan fingerprint density at radius 1 is 1.24 bits per heavy atom. The molecule has 1 fully saturated rings. The Bertz CT molecular complexity index is 740. The fraction of sp³-hybridized carbons (Fsp3) is 0.286. The molecular weight excluding hydrogens is 316 g/mol. The first-order valence-electron chi connectivity index (χ1n) is 6.46. The van der Waals surface area contributed by atoms with E-state index in [1.54, 1.807) is 0 Å². The first-order chi connectivity index (χ1) is 9.98. The molecule has 0 radical (unpaired) electrons. The minimum Gasteiger partial charge on any atom is -0.207 e. The molecule has 0 saturated heterocycles. The average molecular weight is 329 g/mol. The third kappa shape index (κ3) is 3.00. The highest BCUT2D eigenvalue weighted by molar-refractivity contribution is 7.89. The minimum atomic E-state index is -4.04. The summed E-state index contributed by atoms with van der Waals surface area (Å²) in [5.41, 5.74) is 0.854. The Kier molecular flexibility index (Phi) is 3.81. The van der Waals surface area contributed by atoms with Gasteiger partial charge in [0.05, 0.1) is 0 Å². The molecule has 1 saturated carbocycles. The van der Waals surface area contributed by atoms with Gasteiger partial charge >= 0.3 is 0 Å². The van der Waals surface area contributed by atoms with Crippen LogP contribution in [0.4, 0.5) is 8.78 Å². The van der Waals surface area contributed by atoms with E-state index in [2.05, 4.69) is 0 Å². The Balaban J connectivity index is 1.99. The molecule has 0 atom stereocenters. The summed E-state index contributed by atoms with van der Waals surface area (Å²) in [4.78, 5) is -0.593. The average Bonchev–Trinajstić information content (AvgIpc) is 3.14.